The summed E-state index contributed by atoms with van der Waals surface area (Å²) in [5.74, 6) is 0.732. The van der Waals surface area contributed by atoms with E-state index < -0.39 is 5.41 Å². The van der Waals surface area contributed by atoms with Crippen LogP contribution >= 0.6 is 0 Å². The van der Waals surface area contributed by atoms with Crippen molar-refractivity contribution in [3.63, 3.8) is 0 Å². The van der Waals surface area contributed by atoms with Gasteiger partial charge in [-0.2, -0.15) is 0 Å². The lowest BCUT2D eigenvalue weighted by atomic mass is 9.70. The lowest BCUT2D eigenvalue weighted by molar-refractivity contribution is 0.797. The van der Waals surface area contributed by atoms with E-state index in [1.54, 1.807) is 0 Å². The molecule has 7 aromatic carbocycles. The first-order valence-corrected chi connectivity index (χ1v) is 15.5. The van der Waals surface area contributed by atoms with Crippen LogP contribution in [0.3, 0.4) is 0 Å². The molecule has 0 saturated heterocycles. The molecular weight excluding hydrogens is 544 g/mol. The highest BCUT2D eigenvalue weighted by molar-refractivity contribution is 6.17. The number of hydrogen-bond acceptors (Lipinski definition) is 2. The van der Waals surface area contributed by atoms with Gasteiger partial charge in [-0.15, -0.1) is 0 Å². The molecule has 0 radical (unpaired) electrons. The van der Waals surface area contributed by atoms with Gasteiger partial charge in [0.25, 0.3) is 0 Å². The van der Waals surface area contributed by atoms with Gasteiger partial charge in [0.05, 0.1) is 16.8 Å². The van der Waals surface area contributed by atoms with Gasteiger partial charge in [-0.25, -0.2) is 9.97 Å². The Balaban J connectivity index is 1.27. The van der Waals surface area contributed by atoms with E-state index in [-0.39, 0.29) is 0 Å². The first-order chi connectivity index (χ1) is 22.3. The molecule has 0 saturated carbocycles. The molecule has 8 aromatic rings. The standard InChI is InChI=1S/C43H26N2/c1-3-11-27(12-4-1)38-26-39(28-13-5-2-6-14-28)45-42(44-38)31-23-24-33-32-17-7-8-18-34(32)43(37(33)25-31)35-19-9-15-29-21-22-30-16-10-20-36(43)41(30)40(29)35/h1-26H. The number of hydrogen-bond donors (Lipinski definition) is 0. The molecule has 1 spiro atoms. The van der Waals surface area contributed by atoms with Crippen LogP contribution in [-0.4, -0.2) is 9.97 Å². The van der Waals surface area contributed by atoms with E-state index in [4.69, 9.17) is 9.97 Å². The molecule has 0 bridgehead atoms. The quantitative estimate of drug-likeness (QED) is 0.198. The summed E-state index contributed by atoms with van der Waals surface area (Å²) in [5.41, 5.74) is 12.5. The maximum absolute atomic E-state index is 5.19. The van der Waals surface area contributed by atoms with Crippen LogP contribution in [-0.2, 0) is 5.41 Å². The molecular formula is C43H26N2. The van der Waals surface area contributed by atoms with Crippen molar-refractivity contribution in [1.82, 2.24) is 9.97 Å². The Morgan fingerprint density at radius 3 is 1.51 bits per heavy atom. The lowest BCUT2D eigenvalue weighted by Crippen LogP contribution is -2.26. The summed E-state index contributed by atoms with van der Waals surface area (Å²) in [4.78, 5) is 10.4. The van der Waals surface area contributed by atoms with Gasteiger partial charge in [0.15, 0.2) is 5.82 Å². The second kappa shape index (κ2) is 9.07. The van der Waals surface area contributed by atoms with Crippen molar-refractivity contribution >= 4 is 21.5 Å². The molecule has 0 atom stereocenters. The zero-order valence-electron chi connectivity index (χ0n) is 24.4. The van der Waals surface area contributed by atoms with Gasteiger partial charge >= 0.3 is 0 Å². The molecule has 0 unspecified atom stereocenters. The molecule has 0 N–H and O–H groups in total. The van der Waals surface area contributed by atoms with Crippen LogP contribution in [0.2, 0.25) is 0 Å². The largest absolute Gasteiger partial charge is 0.228 e. The van der Waals surface area contributed by atoms with Gasteiger partial charge in [0.1, 0.15) is 0 Å². The average molecular weight is 571 g/mol. The third-order valence-electron chi connectivity index (χ3n) is 9.86. The molecule has 1 heterocycles. The summed E-state index contributed by atoms with van der Waals surface area (Å²) < 4.78 is 0. The highest BCUT2D eigenvalue weighted by atomic mass is 14.9. The molecule has 2 nitrogen and oxygen atoms in total. The summed E-state index contributed by atoms with van der Waals surface area (Å²) in [6.45, 7) is 0. The molecule has 0 amide bonds. The SMILES string of the molecule is c1ccc(-c2cc(-c3ccccc3)nc(-c3ccc4c(c3)C3(c5ccccc5-4)c4cccc5ccc6cccc3c6c45)n2)cc1. The number of fused-ring (bicyclic) bond motifs is 7. The van der Waals surface area contributed by atoms with Crippen LogP contribution in [0.4, 0.5) is 0 Å². The van der Waals surface area contributed by atoms with Crippen LogP contribution < -0.4 is 0 Å². The number of benzene rings is 7. The Morgan fingerprint density at radius 2 is 0.889 bits per heavy atom. The van der Waals surface area contributed by atoms with Crippen molar-refractivity contribution in [2.75, 3.05) is 0 Å². The van der Waals surface area contributed by atoms with E-state index in [0.29, 0.717) is 0 Å². The summed E-state index contributed by atoms with van der Waals surface area (Å²) in [5, 5.41) is 5.32. The fraction of sp³-hybridized carbons (Fsp3) is 0.0233. The zero-order valence-corrected chi connectivity index (χ0v) is 24.4. The van der Waals surface area contributed by atoms with Crippen LogP contribution in [0, 0.1) is 0 Å². The highest BCUT2D eigenvalue weighted by Gasteiger charge is 2.50. The summed E-state index contributed by atoms with van der Waals surface area (Å²) in [6, 6.07) is 56.9. The van der Waals surface area contributed by atoms with E-state index in [9.17, 15) is 0 Å². The predicted octanol–water partition coefficient (Wildman–Crippen LogP) is 10.5. The third-order valence-corrected chi connectivity index (χ3v) is 9.86. The van der Waals surface area contributed by atoms with E-state index >= 15 is 0 Å². The van der Waals surface area contributed by atoms with Crippen molar-refractivity contribution in [3.05, 3.63) is 180 Å². The van der Waals surface area contributed by atoms with E-state index in [1.165, 1.54) is 54.9 Å². The number of rotatable bonds is 3. The van der Waals surface area contributed by atoms with Gasteiger partial charge in [0.2, 0.25) is 0 Å². The Morgan fingerprint density at radius 1 is 0.356 bits per heavy atom. The Bertz CT molecular complexity index is 2360. The fourth-order valence-electron chi connectivity index (χ4n) is 8.01. The fourth-order valence-corrected chi connectivity index (χ4v) is 8.01. The van der Waals surface area contributed by atoms with E-state index in [0.717, 1.165) is 33.9 Å². The maximum atomic E-state index is 5.19. The van der Waals surface area contributed by atoms with Gasteiger partial charge in [-0.1, -0.05) is 146 Å². The average Bonchev–Trinajstić information content (AvgIpc) is 3.59. The number of nitrogens with zero attached hydrogens (tertiary/aromatic N) is 2. The van der Waals surface area contributed by atoms with Gasteiger partial charge in [-0.3, -0.25) is 0 Å². The minimum Gasteiger partial charge on any atom is -0.228 e. The van der Waals surface area contributed by atoms with Gasteiger partial charge in [-0.05, 0) is 67.1 Å². The monoisotopic (exact) mass is 570 g/mol. The van der Waals surface area contributed by atoms with Crippen molar-refractivity contribution in [3.8, 4) is 45.0 Å². The molecule has 10 rings (SSSR count). The van der Waals surface area contributed by atoms with Crippen LogP contribution in [0.1, 0.15) is 22.3 Å². The normalized spacial score (nSPS) is 13.5. The molecule has 45 heavy (non-hydrogen) atoms. The molecule has 1 aromatic heterocycles. The first kappa shape index (κ1) is 24.6. The van der Waals surface area contributed by atoms with Gasteiger partial charge < -0.3 is 0 Å². The summed E-state index contributed by atoms with van der Waals surface area (Å²) in [7, 11) is 0. The predicted molar refractivity (Wildman–Crippen MR) is 184 cm³/mol. The zero-order chi connectivity index (χ0) is 29.5. The molecule has 208 valence electrons. The molecule has 2 aliphatic carbocycles. The van der Waals surface area contributed by atoms with Crippen LogP contribution in [0.15, 0.2) is 158 Å². The first-order valence-electron chi connectivity index (χ1n) is 15.5. The van der Waals surface area contributed by atoms with Crippen molar-refractivity contribution < 1.29 is 0 Å². The Hall–Kier alpha value is -5.86. The number of aromatic nitrogens is 2. The van der Waals surface area contributed by atoms with Gasteiger partial charge in [0, 0.05) is 16.7 Å². The lowest BCUT2D eigenvalue weighted by Gasteiger charge is -2.31. The molecule has 0 fully saturated rings. The highest BCUT2D eigenvalue weighted by Crippen LogP contribution is 2.62. The second-order valence-electron chi connectivity index (χ2n) is 12.1. The van der Waals surface area contributed by atoms with Crippen molar-refractivity contribution in [1.29, 1.82) is 0 Å². The topological polar surface area (TPSA) is 25.8 Å². The van der Waals surface area contributed by atoms with Crippen LogP contribution in [0.5, 0.6) is 0 Å². The molecule has 2 aliphatic rings. The minimum absolute atomic E-state index is 0.413. The molecule has 2 heteroatoms. The van der Waals surface area contributed by atoms with Crippen molar-refractivity contribution in [2.24, 2.45) is 0 Å². The second-order valence-corrected chi connectivity index (χ2v) is 12.1. The minimum atomic E-state index is -0.413. The smallest absolute Gasteiger partial charge is 0.160 e. The molecule has 0 aliphatic heterocycles. The Kier molecular flexibility index (Phi) is 4.95. The summed E-state index contributed by atoms with van der Waals surface area (Å²) in [6.07, 6.45) is 0. The van der Waals surface area contributed by atoms with E-state index in [1.807, 2.05) is 12.1 Å². The van der Waals surface area contributed by atoms with Crippen molar-refractivity contribution in [2.45, 2.75) is 5.41 Å². The van der Waals surface area contributed by atoms with E-state index in [2.05, 4.69) is 146 Å². The summed E-state index contributed by atoms with van der Waals surface area (Å²) >= 11 is 0. The third kappa shape index (κ3) is 3.29. The Labute approximate surface area is 261 Å². The van der Waals surface area contributed by atoms with Crippen LogP contribution in [0.25, 0.3) is 66.6 Å². The maximum Gasteiger partial charge on any atom is 0.160 e.